The summed E-state index contributed by atoms with van der Waals surface area (Å²) in [6.07, 6.45) is 4.90. The van der Waals surface area contributed by atoms with E-state index in [1.165, 1.54) is 11.9 Å². The van der Waals surface area contributed by atoms with Crippen LogP contribution in [0.5, 0.6) is 0 Å². The number of hydrogen-bond donors (Lipinski definition) is 1. The van der Waals surface area contributed by atoms with E-state index >= 15 is 0 Å². The topological polar surface area (TPSA) is 55.6 Å². The molecule has 0 saturated carbocycles. The van der Waals surface area contributed by atoms with E-state index < -0.39 is 0 Å². The van der Waals surface area contributed by atoms with Crippen LogP contribution in [0, 0.1) is 0 Å². The Labute approximate surface area is 124 Å². The highest BCUT2D eigenvalue weighted by atomic mass is 79.9. The first-order valence-corrected chi connectivity index (χ1v) is 6.90. The van der Waals surface area contributed by atoms with Gasteiger partial charge in [0.15, 0.2) is 5.82 Å². The Kier molecular flexibility index (Phi) is 3.73. The zero-order valence-corrected chi connectivity index (χ0v) is 12.2. The average molecular weight is 330 g/mol. The van der Waals surface area contributed by atoms with Crippen molar-refractivity contribution in [1.82, 2.24) is 19.7 Å². The molecular formula is C14H12BrN5. The van der Waals surface area contributed by atoms with Crippen LogP contribution in [0.2, 0.25) is 0 Å². The Morgan fingerprint density at radius 2 is 1.95 bits per heavy atom. The van der Waals surface area contributed by atoms with Crippen molar-refractivity contribution < 1.29 is 0 Å². The van der Waals surface area contributed by atoms with Gasteiger partial charge in [0.2, 0.25) is 0 Å². The van der Waals surface area contributed by atoms with Crippen LogP contribution in [-0.4, -0.2) is 19.7 Å². The standard InChI is InChI=1S/C14H12BrN5/c15-12-3-1-11(2-4-12)7-17-13-5-6-14(18-8-13)20-10-16-9-19-20/h1-6,8-10,17H,7H2. The molecule has 3 rings (SSSR count). The van der Waals surface area contributed by atoms with Crippen molar-refractivity contribution in [3.05, 3.63) is 65.3 Å². The number of pyridine rings is 1. The number of nitrogens with zero attached hydrogens (tertiary/aromatic N) is 4. The maximum absolute atomic E-state index is 4.34. The quantitative estimate of drug-likeness (QED) is 0.799. The lowest BCUT2D eigenvalue weighted by Gasteiger charge is -2.07. The summed E-state index contributed by atoms with van der Waals surface area (Å²) in [5, 5.41) is 7.37. The van der Waals surface area contributed by atoms with Gasteiger partial charge in [-0.25, -0.2) is 14.6 Å². The van der Waals surface area contributed by atoms with E-state index in [1.54, 1.807) is 17.2 Å². The number of nitrogens with one attached hydrogen (secondary N) is 1. The van der Waals surface area contributed by atoms with E-state index in [4.69, 9.17) is 0 Å². The van der Waals surface area contributed by atoms with Crippen molar-refractivity contribution in [3.8, 4) is 5.82 Å². The largest absolute Gasteiger partial charge is 0.380 e. The molecule has 0 aliphatic carbocycles. The van der Waals surface area contributed by atoms with Gasteiger partial charge in [0.05, 0.1) is 11.9 Å². The Morgan fingerprint density at radius 1 is 1.10 bits per heavy atom. The number of hydrogen-bond acceptors (Lipinski definition) is 4. The summed E-state index contributed by atoms with van der Waals surface area (Å²) in [6, 6.07) is 12.1. The van der Waals surface area contributed by atoms with Gasteiger partial charge in [-0.2, -0.15) is 5.10 Å². The highest BCUT2D eigenvalue weighted by molar-refractivity contribution is 9.10. The minimum atomic E-state index is 0.747. The Hall–Kier alpha value is -2.21. The summed E-state index contributed by atoms with van der Waals surface area (Å²) in [4.78, 5) is 8.23. The molecule has 5 nitrogen and oxygen atoms in total. The summed E-state index contributed by atoms with van der Waals surface area (Å²) in [5.41, 5.74) is 2.19. The van der Waals surface area contributed by atoms with Gasteiger partial charge in [0.25, 0.3) is 0 Å². The van der Waals surface area contributed by atoms with Crippen LogP contribution >= 0.6 is 15.9 Å². The van der Waals surface area contributed by atoms with Gasteiger partial charge in [-0.15, -0.1) is 0 Å². The van der Waals surface area contributed by atoms with Crippen LogP contribution in [-0.2, 0) is 6.54 Å². The third-order valence-corrected chi connectivity index (χ3v) is 3.34. The molecule has 1 N–H and O–H groups in total. The van der Waals surface area contributed by atoms with Gasteiger partial charge in [-0.05, 0) is 29.8 Å². The van der Waals surface area contributed by atoms with Crippen molar-refractivity contribution in [3.63, 3.8) is 0 Å². The summed E-state index contributed by atoms with van der Waals surface area (Å²) >= 11 is 3.42. The van der Waals surface area contributed by atoms with Gasteiger partial charge in [0.1, 0.15) is 12.7 Å². The summed E-state index contributed by atoms with van der Waals surface area (Å²) < 4.78 is 2.71. The number of aromatic nitrogens is 4. The smallest absolute Gasteiger partial charge is 0.155 e. The minimum Gasteiger partial charge on any atom is -0.380 e. The summed E-state index contributed by atoms with van der Waals surface area (Å²) in [5.74, 6) is 0.747. The van der Waals surface area contributed by atoms with Crippen molar-refractivity contribution in [2.45, 2.75) is 6.54 Å². The van der Waals surface area contributed by atoms with E-state index in [9.17, 15) is 0 Å². The second-order valence-corrected chi connectivity index (χ2v) is 5.14. The van der Waals surface area contributed by atoms with E-state index in [2.05, 4.69) is 48.4 Å². The van der Waals surface area contributed by atoms with E-state index in [-0.39, 0.29) is 0 Å². The lowest BCUT2D eigenvalue weighted by molar-refractivity contribution is 0.845. The van der Waals surface area contributed by atoms with E-state index in [1.807, 2.05) is 24.3 Å². The Bertz CT molecular complexity index is 662. The second-order valence-electron chi connectivity index (χ2n) is 4.23. The molecule has 100 valence electrons. The Morgan fingerprint density at radius 3 is 2.60 bits per heavy atom. The third kappa shape index (κ3) is 3.03. The maximum Gasteiger partial charge on any atom is 0.155 e. The van der Waals surface area contributed by atoms with Crippen LogP contribution in [0.15, 0.2) is 59.7 Å². The molecule has 6 heteroatoms. The lowest BCUT2D eigenvalue weighted by Crippen LogP contribution is -2.02. The van der Waals surface area contributed by atoms with Crippen molar-refractivity contribution in [2.75, 3.05) is 5.32 Å². The molecule has 2 aromatic heterocycles. The number of benzene rings is 1. The van der Waals surface area contributed by atoms with Crippen molar-refractivity contribution in [2.24, 2.45) is 0 Å². The fourth-order valence-corrected chi connectivity index (χ4v) is 2.02. The molecule has 0 radical (unpaired) electrons. The van der Waals surface area contributed by atoms with Crippen LogP contribution < -0.4 is 5.32 Å². The molecule has 0 fully saturated rings. The highest BCUT2D eigenvalue weighted by Gasteiger charge is 1.99. The normalized spacial score (nSPS) is 10.4. The molecule has 0 bridgehead atoms. The van der Waals surface area contributed by atoms with Crippen molar-refractivity contribution in [1.29, 1.82) is 0 Å². The van der Waals surface area contributed by atoms with Gasteiger partial charge in [-0.3, -0.25) is 0 Å². The molecule has 0 amide bonds. The summed E-state index contributed by atoms with van der Waals surface area (Å²) in [7, 11) is 0. The SMILES string of the molecule is Brc1ccc(CNc2ccc(-n3cncn3)nc2)cc1. The van der Waals surface area contributed by atoms with E-state index in [0.29, 0.717) is 0 Å². The molecule has 2 heterocycles. The predicted octanol–water partition coefficient (Wildman–Crippen LogP) is 3.04. The van der Waals surface area contributed by atoms with Crippen molar-refractivity contribution >= 4 is 21.6 Å². The zero-order valence-electron chi connectivity index (χ0n) is 10.6. The highest BCUT2D eigenvalue weighted by Crippen LogP contribution is 2.13. The molecule has 0 atom stereocenters. The molecule has 0 saturated heterocycles. The average Bonchev–Trinajstić information content (AvgIpc) is 3.01. The minimum absolute atomic E-state index is 0.747. The first-order valence-electron chi connectivity index (χ1n) is 6.11. The van der Waals surface area contributed by atoms with Crippen LogP contribution in [0.1, 0.15) is 5.56 Å². The Balaban J connectivity index is 1.65. The fourth-order valence-electron chi connectivity index (χ4n) is 1.76. The fraction of sp³-hybridized carbons (Fsp3) is 0.0714. The van der Waals surface area contributed by atoms with Gasteiger partial charge in [-0.1, -0.05) is 28.1 Å². The van der Waals surface area contributed by atoms with Gasteiger partial charge in [0, 0.05) is 11.0 Å². The molecule has 3 aromatic rings. The first-order chi connectivity index (χ1) is 9.81. The predicted molar refractivity (Wildman–Crippen MR) is 80.6 cm³/mol. The first kappa shape index (κ1) is 12.8. The lowest BCUT2D eigenvalue weighted by atomic mass is 10.2. The number of halogens is 1. The molecule has 0 spiro atoms. The number of anilines is 1. The maximum atomic E-state index is 4.34. The molecule has 0 unspecified atom stereocenters. The van der Waals surface area contributed by atoms with Gasteiger partial charge >= 0.3 is 0 Å². The monoisotopic (exact) mass is 329 g/mol. The van der Waals surface area contributed by atoms with Gasteiger partial charge < -0.3 is 5.32 Å². The molecule has 20 heavy (non-hydrogen) atoms. The van der Waals surface area contributed by atoms with E-state index in [0.717, 1.165) is 22.5 Å². The van der Waals surface area contributed by atoms with Crippen LogP contribution in [0.4, 0.5) is 5.69 Å². The molecule has 0 aliphatic rings. The number of rotatable bonds is 4. The summed E-state index contributed by atoms with van der Waals surface area (Å²) in [6.45, 7) is 0.762. The third-order valence-electron chi connectivity index (χ3n) is 2.81. The molecule has 1 aromatic carbocycles. The molecular weight excluding hydrogens is 318 g/mol. The van der Waals surface area contributed by atoms with Crippen LogP contribution in [0.3, 0.4) is 0 Å². The van der Waals surface area contributed by atoms with Crippen LogP contribution in [0.25, 0.3) is 5.82 Å². The molecule has 0 aliphatic heterocycles. The zero-order chi connectivity index (χ0) is 13.8. The second kappa shape index (κ2) is 5.83.